The molecule has 274 valence electrons. The van der Waals surface area contributed by atoms with Crippen molar-refractivity contribution in [1.29, 1.82) is 0 Å². The molecular formula is C38H76N2O6. The van der Waals surface area contributed by atoms with Gasteiger partial charge in [-0.25, -0.2) is 0 Å². The Labute approximate surface area is 284 Å². The molecule has 0 aromatic rings. The van der Waals surface area contributed by atoms with Crippen molar-refractivity contribution in [2.24, 2.45) is 0 Å². The van der Waals surface area contributed by atoms with Crippen LogP contribution in [0.3, 0.4) is 0 Å². The summed E-state index contributed by atoms with van der Waals surface area (Å²) in [6.07, 6.45) is 27.7. The fourth-order valence-corrected chi connectivity index (χ4v) is 5.86. The fourth-order valence-electron chi connectivity index (χ4n) is 5.86. The van der Waals surface area contributed by atoms with Gasteiger partial charge in [0.05, 0.1) is 6.61 Å². The summed E-state index contributed by atoms with van der Waals surface area (Å²) in [6.45, 7) is 7.77. The van der Waals surface area contributed by atoms with Gasteiger partial charge in [-0.2, -0.15) is 0 Å². The molecule has 0 bridgehead atoms. The summed E-state index contributed by atoms with van der Waals surface area (Å²) in [6, 6.07) is 0. The molecule has 8 heteroatoms. The first kappa shape index (κ1) is 44.8. The van der Waals surface area contributed by atoms with E-state index in [0.717, 1.165) is 96.7 Å². The zero-order valence-corrected chi connectivity index (χ0v) is 30.8. The van der Waals surface area contributed by atoms with Gasteiger partial charge >= 0.3 is 11.9 Å². The van der Waals surface area contributed by atoms with Crippen molar-refractivity contribution in [3.8, 4) is 0 Å². The summed E-state index contributed by atoms with van der Waals surface area (Å²) >= 11 is 0. The normalized spacial score (nSPS) is 12.4. The highest BCUT2D eigenvalue weighted by Crippen LogP contribution is 2.18. The fraction of sp³-hybridized carbons (Fsp3) is 0.947. The van der Waals surface area contributed by atoms with Crippen molar-refractivity contribution in [2.75, 3.05) is 40.3 Å². The summed E-state index contributed by atoms with van der Waals surface area (Å²) in [5, 5.41) is 18.7. The highest BCUT2D eigenvalue weighted by Gasteiger charge is 2.14. The summed E-state index contributed by atoms with van der Waals surface area (Å²) in [5.74, 6) is -0.715. The SMILES string of the molecule is CCCCCCCCC(CCCCCCCC)OC(=O)CCCCCCCN(CCCCCCCC(=O)O)CCOC(O)N(C)C. The smallest absolute Gasteiger partial charge is 0.306 e. The zero-order chi connectivity index (χ0) is 34.1. The lowest BCUT2D eigenvalue weighted by Crippen LogP contribution is -2.35. The number of hydrogen-bond acceptors (Lipinski definition) is 7. The number of aliphatic hydroxyl groups excluding tert-OH is 1. The van der Waals surface area contributed by atoms with Crippen molar-refractivity contribution in [3.63, 3.8) is 0 Å². The number of nitrogens with zero attached hydrogens (tertiary/aromatic N) is 2. The van der Waals surface area contributed by atoms with Crippen LogP contribution in [0.15, 0.2) is 0 Å². The molecular weight excluding hydrogens is 580 g/mol. The van der Waals surface area contributed by atoms with Crippen LogP contribution in [-0.2, 0) is 19.1 Å². The van der Waals surface area contributed by atoms with E-state index in [1.54, 1.807) is 19.0 Å². The van der Waals surface area contributed by atoms with Crippen LogP contribution in [0.25, 0.3) is 0 Å². The Hall–Kier alpha value is -1.22. The van der Waals surface area contributed by atoms with Crippen molar-refractivity contribution < 1.29 is 29.3 Å². The van der Waals surface area contributed by atoms with Crippen molar-refractivity contribution in [1.82, 2.24) is 9.80 Å². The first-order chi connectivity index (χ1) is 22.3. The van der Waals surface area contributed by atoms with Gasteiger partial charge in [0.25, 0.3) is 0 Å². The first-order valence-electron chi connectivity index (χ1n) is 19.4. The predicted octanol–water partition coefficient (Wildman–Crippen LogP) is 9.32. The number of carbonyl (C=O) groups is 2. The summed E-state index contributed by atoms with van der Waals surface area (Å²) in [7, 11) is 3.58. The third-order valence-electron chi connectivity index (χ3n) is 8.89. The molecule has 1 unspecified atom stereocenters. The number of esters is 1. The van der Waals surface area contributed by atoms with Gasteiger partial charge in [-0.1, -0.05) is 117 Å². The standard InChI is InChI=1S/C38H76N2O6/c1-5-7-9-11-15-21-27-35(28-22-16-12-10-8-6-2)46-37(43)30-24-18-14-20-26-32-40(33-34-45-38(44)39(3)4)31-25-19-13-17-23-29-36(41)42/h35,38,44H,5-34H2,1-4H3,(H,41,42). The molecule has 0 aliphatic rings. The Balaban J connectivity index is 4.33. The lowest BCUT2D eigenvalue weighted by molar-refractivity contribution is -0.178. The molecule has 0 spiro atoms. The van der Waals surface area contributed by atoms with E-state index in [-0.39, 0.29) is 18.5 Å². The first-order valence-corrected chi connectivity index (χ1v) is 19.4. The average molecular weight is 657 g/mol. The second kappa shape index (κ2) is 33.7. The van der Waals surface area contributed by atoms with E-state index in [1.165, 1.54) is 77.0 Å². The Morgan fingerprint density at radius 1 is 0.587 bits per heavy atom. The van der Waals surface area contributed by atoms with E-state index >= 15 is 0 Å². The molecule has 46 heavy (non-hydrogen) atoms. The molecule has 8 nitrogen and oxygen atoms in total. The molecule has 1 atom stereocenters. The number of rotatable bonds is 36. The van der Waals surface area contributed by atoms with Crippen LogP contribution in [-0.4, -0.2) is 84.8 Å². The maximum atomic E-state index is 12.7. The van der Waals surface area contributed by atoms with Crippen LogP contribution in [0.2, 0.25) is 0 Å². The monoisotopic (exact) mass is 657 g/mol. The summed E-state index contributed by atoms with van der Waals surface area (Å²) < 4.78 is 11.6. The number of carbonyl (C=O) groups excluding carboxylic acids is 1. The van der Waals surface area contributed by atoms with E-state index < -0.39 is 12.4 Å². The molecule has 0 fully saturated rings. The van der Waals surface area contributed by atoms with E-state index in [9.17, 15) is 14.7 Å². The molecule has 0 rings (SSSR count). The zero-order valence-electron chi connectivity index (χ0n) is 30.8. The topological polar surface area (TPSA) is 99.5 Å². The summed E-state index contributed by atoms with van der Waals surface area (Å²) in [4.78, 5) is 27.4. The highest BCUT2D eigenvalue weighted by molar-refractivity contribution is 5.69. The molecule has 0 saturated heterocycles. The highest BCUT2D eigenvalue weighted by atomic mass is 16.6. The molecule has 0 saturated carbocycles. The van der Waals surface area contributed by atoms with Crippen LogP contribution < -0.4 is 0 Å². The maximum Gasteiger partial charge on any atom is 0.306 e. The Morgan fingerprint density at radius 2 is 1.02 bits per heavy atom. The minimum absolute atomic E-state index is 0.00369. The molecule has 0 amide bonds. The molecule has 0 radical (unpaired) electrons. The molecule has 0 aromatic heterocycles. The van der Waals surface area contributed by atoms with Crippen molar-refractivity contribution in [2.45, 2.75) is 193 Å². The second-order valence-corrected chi connectivity index (χ2v) is 13.7. The Kier molecular flexibility index (Phi) is 32.8. The molecule has 0 heterocycles. The van der Waals surface area contributed by atoms with Gasteiger partial charge < -0.3 is 24.6 Å². The minimum Gasteiger partial charge on any atom is -0.481 e. The number of ether oxygens (including phenoxy) is 2. The van der Waals surface area contributed by atoms with E-state index in [4.69, 9.17) is 14.6 Å². The van der Waals surface area contributed by atoms with Gasteiger partial charge in [0, 0.05) is 19.4 Å². The molecule has 0 aliphatic carbocycles. The van der Waals surface area contributed by atoms with Gasteiger partial charge in [0.15, 0.2) is 0 Å². The van der Waals surface area contributed by atoms with Crippen molar-refractivity contribution in [3.05, 3.63) is 0 Å². The number of unbranched alkanes of at least 4 members (excludes halogenated alkanes) is 18. The third-order valence-corrected chi connectivity index (χ3v) is 8.89. The average Bonchev–Trinajstić information content (AvgIpc) is 3.02. The second-order valence-electron chi connectivity index (χ2n) is 13.7. The van der Waals surface area contributed by atoms with Crippen LogP contribution in [0.5, 0.6) is 0 Å². The van der Waals surface area contributed by atoms with Gasteiger partial charge in [-0.05, 0) is 78.6 Å². The Morgan fingerprint density at radius 3 is 1.50 bits per heavy atom. The number of carboxylic acids is 1. The van der Waals surface area contributed by atoms with Gasteiger partial charge in [0.2, 0.25) is 6.41 Å². The van der Waals surface area contributed by atoms with Crippen LogP contribution in [0, 0.1) is 0 Å². The maximum absolute atomic E-state index is 12.7. The number of aliphatic carboxylic acids is 1. The van der Waals surface area contributed by atoms with Crippen LogP contribution >= 0.6 is 0 Å². The quantitative estimate of drug-likeness (QED) is 0.0391. The Bertz CT molecular complexity index is 662. The third kappa shape index (κ3) is 31.4. The number of aliphatic hydroxyl groups is 1. The van der Waals surface area contributed by atoms with Crippen molar-refractivity contribution >= 4 is 11.9 Å². The lowest BCUT2D eigenvalue weighted by Gasteiger charge is -2.24. The van der Waals surface area contributed by atoms with E-state index in [0.29, 0.717) is 13.0 Å². The minimum atomic E-state index is -0.885. The molecule has 2 N–H and O–H groups in total. The van der Waals surface area contributed by atoms with E-state index in [1.807, 2.05) is 0 Å². The molecule has 0 aliphatic heterocycles. The van der Waals surface area contributed by atoms with Gasteiger partial charge in [-0.15, -0.1) is 0 Å². The summed E-state index contributed by atoms with van der Waals surface area (Å²) in [5.41, 5.74) is 0. The predicted molar refractivity (Wildman–Crippen MR) is 191 cm³/mol. The van der Waals surface area contributed by atoms with Crippen LogP contribution in [0.1, 0.15) is 181 Å². The largest absolute Gasteiger partial charge is 0.481 e. The lowest BCUT2D eigenvalue weighted by atomic mass is 10.0. The van der Waals surface area contributed by atoms with E-state index in [2.05, 4.69) is 18.7 Å². The van der Waals surface area contributed by atoms with Gasteiger partial charge in [0.1, 0.15) is 6.10 Å². The number of carboxylic acid groups (broad SMARTS) is 1. The number of hydrogen-bond donors (Lipinski definition) is 2. The van der Waals surface area contributed by atoms with Gasteiger partial charge in [-0.3, -0.25) is 14.5 Å². The molecule has 0 aromatic carbocycles. The van der Waals surface area contributed by atoms with Crippen LogP contribution in [0.4, 0.5) is 0 Å².